The number of halogens is 3. The first-order chi connectivity index (χ1) is 12.9. The zero-order chi connectivity index (χ0) is 19.0. The third-order valence-corrected chi connectivity index (χ3v) is 5.71. The maximum Gasteiger partial charge on any atom is 0.417 e. The fourth-order valence-electron chi connectivity index (χ4n) is 3.30. The van der Waals surface area contributed by atoms with Gasteiger partial charge >= 0.3 is 6.18 Å². The average molecular weight is 396 g/mol. The van der Waals surface area contributed by atoms with Crippen molar-refractivity contribution in [3.05, 3.63) is 35.7 Å². The maximum atomic E-state index is 12.9. The van der Waals surface area contributed by atoms with Crippen molar-refractivity contribution in [3.63, 3.8) is 0 Å². The summed E-state index contributed by atoms with van der Waals surface area (Å²) in [6.07, 6.45) is 4.85. The van der Waals surface area contributed by atoms with Gasteiger partial charge in [-0.2, -0.15) is 13.2 Å². The number of thioether (sulfide) groups is 1. The lowest BCUT2D eigenvalue weighted by Crippen LogP contribution is -2.34. The molecule has 0 spiro atoms. The van der Waals surface area contributed by atoms with Crippen LogP contribution in [0.4, 0.5) is 13.2 Å². The summed E-state index contributed by atoms with van der Waals surface area (Å²) in [6.45, 7) is 0. The van der Waals surface area contributed by atoms with E-state index >= 15 is 0 Å². The van der Waals surface area contributed by atoms with E-state index in [0.29, 0.717) is 5.65 Å². The van der Waals surface area contributed by atoms with Crippen LogP contribution < -0.4 is 0 Å². The van der Waals surface area contributed by atoms with Gasteiger partial charge in [0.1, 0.15) is 0 Å². The highest BCUT2D eigenvalue weighted by Crippen LogP contribution is 2.35. The Labute approximate surface area is 158 Å². The van der Waals surface area contributed by atoms with Crippen LogP contribution in [-0.2, 0) is 11.0 Å². The van der Waals surface area contributed by atoms with Gasteiger partial charge in [-0.05, 0) is 50.7 Å². The van der Waals surface area contributed by atoms with Gasteiger partial charge in [0.15, 0.2) is 10.8 Å². The van der Waals surface area contributed by atoms with E-state index in [1.807, 2.05) is 4.90 Å². The number of rotatable bonds is 5. The molecule has 1 saturated carbocycles. The van der Waals surface area contributed by atoms with Gasteiger partial charge in [-0.15, -0.1) is 10.2 Å². The molecule has 2 aliphatic carbocycles. The van der Waals surface area contributed by atoms with Crippen LogP contribution in [0.5, 0.6) is 0 Å². The molecule has 5 nitrogen and oxygen atoms in total. The molecule has 2 aromatic rings. The normalized spacial score (nSPS) is 17.8. The van der Waals surface area contributed by atoms with Gasteiger partial charge < -0.3 is 4.90 Å². The van der Waals surface area contributed by atoms with Crippen LogP contribution in [-0.4, -0.2) is 37.2 Å². The van der Waals surface area contributed by atoms with Gasteiger partial charge in [0.25, 0.3) is 0 Å². The van der Waals surface area contributed by atoms with E-state index in [-0.39, 0.29) is 22.9 Å². The molecule has 0 atom stereocenters. The molecule has 2 heterocycles. The van der Waals surface area contributed by atoms with Crippen LogP contribution in [0.15, 0.2) is 35.3 Å². The Morgan fingerprint density at radius 1 is 1.26 bits per heavy atom. The maximum absolute atomic E-state index is 12.9. The zero-order valence-corrected chi connectivity index (χ0v) is 15.4. The Morgan fingerprint density at radius 3 is 2.74 bits per heavy atom. The Balaban J connectivity index is 1.50. The molecule has 1 amide bonds. The first-order valence-electron chi connectivity index (χ1n) is 8.99. The molecule has 0 radical (unpaired) electrons. The van der Waals surface area contributed by atoms with Gasteiger partial charge in [0, 0.05) is 17.9 Å². The minimum atomic E-state index is -4.44. The first-order valence-corrected chi connectivity index (χ1v) is 9.98. The largest absolute Gasteiger partial charge is 0.417 e. The molecule has 4 rings (SSSR count). The second kappa shape index (κ2) is 7.18. The fraction of sp³-hybridized carbons (Fsp3) is 0.500. The van der Waals surface area contributed by atoms with Crippen molar-refractivity contribution in [3.8, 4) is 0 Å². The predicted octanol–water partition coefficient (Wildman–Crippen LogP) is 4.29. The molecule has 0 saturated heterocycles. The predicted molar refractivity (Wildman–Crippen MR) is 95.1 cm³/mol. The van der Waals surface area contributed by atoms with Gasteiger partial charge in [0.2, 0.25) is 5.91 Å². The quantitative estimate of drug-likeness (QED) is 0.708. The monoisotopic (exact) mass is 396 g/mol. The van der Waals surface area contributed by atoms with E-state index in [9.17, 15) is 18.0 Å². The van der Waals surface area contributed by atoms with E-state index in [0.717, 1.165) is 68.2 Å². The molecule has 0 aromatic carbocycles. The molecule has 2 aromatic heterocycles. The lowest BCUT2D eigenvalue weighted by Gasteiger charge is -2.27. The lowest BCUT2D eigenvalue weighted by atomic mass is 10.0. The van der Waals surface area contributed by atoms with Crippen molar-refractivity contribution < 1.29 is 18.0 Å². The fourth-order valence-corrected chi connectivity index (χ4v) is 4.08. The van der Waals surface area contributed by atoms with Gasteiger partial charge in [0.05, 0.1) is 11.3 Å². The molecular formula is C18H19F3N4OS. The topological polar surface area (TPSA) is 50.5 Å². The van der Waals surface area contributed by atoms with E-state index in [2.05, 4.69) is 16.3 Å². The molecule has 9 heteroatoms. The Bertz CT molecular complexity index is 888. The molecule has 0 bridgehead atoms. The number of allylic oxidation sites excluding steroid dienone is 2. The minimum absolute atomic E-state index is 0.0145. The van der Waals surface area contributed by atoms with Crippen LogP contribution >= 0.6 is 11.8 Å². The molecule has 0 aliphatic heterocycles. The average Bonchev–Trinajstić information content (AvgIpc) is 3.39. The molecule has 144 valence electrons. The number of nitrogens with zero attached hydrogens (tertiary/aromatic N) is 4. The van der Waals surface area contributed by atoms with Gasteiger partial charge in [-0.1, -0.05) is 17.8 Å². The summed E-state index contributed by atoms with van der Waals surface area (Å²) in [5.41, 5.74) is 0.654. The summed E-state index contributed by atoms with van der Waals surface area (Å²) < 4.78 is 40.1. The number of hydrogen-bond donors (Lipinski definition) is 0. The van der Waals surface area contributed by atoms with Gasteiger partial charge in [-0.3, -0.25) is 9.20 Å². The number of fused-ring (bicyclic) bond motifs is 1. The van der Waals surface area contributed by atoms with Crippen molar-refractivity contribution in [1.82, 2.24) is 19.5 Å². The minimum Gasteiger partial charge on any atom is -0.313 e. The second-order valence-electron chi connectivity index (χ2n) is 6.85. The highest BCUT2D eigenvalue weighted by Gasteiger charge is 2.35. The third-order valence-electron chi connectivity index (χ3n) is 4.78. The van der Waals surface area contributed by atoms with Crippen LogP contribution in [0.3, 0.4) is 0 Å². The second-order valence-corrected chi connectivity index (χ2v) is 7.79. The van der Waals surface area contributed by atoms with Crippen LogP contribution in [0.1, 0.15) is 44.1 Å². The number of pyridine rings is 1. The SMILES string of the molecule is O=C(CSc1nnc2ccc(C(F)(F)F)cn12)N(C1=CCCCC1)C1CC1. The molecule has 1 fully saturated rings. The smallest absolute Gasteiger partial charge is 0.313 e. The number of alkyl halides is 3. The zero-order valence-electron chi connectivity index (χ0n) is 14.6. The summed E-state index contributed by atoms with van der Waals surface area (Å²) in [4.78, 5) is 14.7. The van der Waals surface area contributed by atoms with Crippen LogP contribution in [0.25, 0.3) is 5.65 Å². The molecule has 2 aliphatic rings. The Morgan fingerprint density at radius 2 is 2.07 bits per heavy atom. The summed E-state index contributed by atoms with van der Waals surface area (Å²) in [7, 11) is 0. The van der Waals surface area contributed by atoms with Crippen molar-refractivity contribution >= 4 is 23.3 Å². The summed E-state index contributed by atoms with van der Waals surface area (Å²) in [6, 6.07) is 2.54. The first kappa shape index (κ1) is 18.3. The van der Waals surface area contributed by atoms with Crippen LogP contribution in [0.2, 0.25) is 0 Å². The van der Waals surface area contributed by atoms with Gasteiger partial charge in [-0.25, -0.2) is 0 Å². The van der Waals surface area contributed by atoms with E-state index in [1.165, 1.54) is 10.5 Å². The third kappa shape index (κ3) is 3.97. The van der Waals surface area contributed by atoms with Crippen molar-refractivity contribution in [2.24, 2.45) is 0 Å². The van der Waals surface area contributed by atoms with E-state index in [4.69, 9.17) is 0 Å². The molecule has 0 unspecified atom stereocenters. The highest BCUT2D eigenvalue weighted by atomic mass is 32.2. The number of carbonyl (C=O) groups is 1. The number of hydrogen-bond acceptors (Lipinski definition) is 4. The summed E-state index contributed by atoms with van der Waals surface area (Å²) in [5, 5.41) is 8.13. The molecule has 0 N–H and O–H groups in total. The summed E-state index contributed by atoms with van der Waals surface area (Å²) >= 11 is 1.13. The lowest BCUT2D eigenvalue weighted by molar-refractivity contribution is -0.138. The van der Waals surface area contributed by atoms with E-state index in [1.54, 1.807) is 0 Å². The molecular weight excluding hydrogens is 377 g/mol. The summed E-state index contributed by atoms with van der Waals surface area (Å²) in [5.74, 6) is 0.115. The molecule has 27 heavy (non-hydrogen) atoms. The van der Waals surface area contributed by atoms with Crippen molar-refractivity contribution in [2.75, 3.05) is 5.75 Å². The van der Waals surface area contributed by atoms with E-state index < -0.39 is 11.7 Å². The van der Waals surface area contributed by atoms with Crippen LogP contribution in [0, 0.1) is 0 Å². The Hall–Kier alpha value is -2.03. The number of carbonyl (C=O) groups excluding carboxylic acids is 1. The number of aromatic nitrogens is 3. The van der Waals surface area contributed by atoms with Crippen molar-refractivity contribution in [1.29, 1.82) is 0 Å². The Kier molecular flexibility index (Phi) is 4.88. The standard InChI is InChI=1S/C18H19F3N4OS/c19-18(20,21)12-6-9-15-22-23-17(24(15)10-12)27-11-16(26)25(14-7-8-14)13-4-2-1-3-5-13/h4,6,9-10,14H,1-3,5,7-8,11H2. The number of amides is 1. The highest BCUT2D eigenvalue weighted by molar-refractivity contribution is 7.99. The van der Waals surface area contributed by atoms with Crippen molar-refractivity contribution in [2.45, 2.75) is 55.9 Å².